The summed E-state index contributed by atoms with van der Waals surface area (Å²) in [5.74, 6) is 0. The summed E-state index contributed by atoms with van der Waals surface area (Å²) in [7, 11) is -2.02. The first-order valence-electron chi connectivity index (χ1n) is 5.94. The molecule has 1 aromatic carbocycles. The van der Waals surface area contributed by atoms with E-state index in [1.54, 1.807) is 30.7 Å². The van der Waals surface area contributed by atoms with Crippen molar-refractivity contribution in [2.45, 2.75) is 17.4 Å². The van der Waals surface area contributed by atoms with Crippen LogP contribution < -0.4 is 10.5 Å². The summed E-state index contributed by atoms with van der Waals surface area (Å²) in [6.07, 6.45) is 0. The molecule has 0 fully saturated rings. The lowest BCUT2D eigenvalue weighted by Crippen LogP contribution is -2.13. The van der Waals surface area contributed by atoms with Crippen molar-refractivity contribution in [3.8, 4) is 0 Å². The van der Waals surface area contributed by atoms with Crippen molar-refractivity contribution in [2.24, 2.45) is 5.73 Å². The van der Waals surface area contributed by atoms with E-state index < -0.39 is 10.0 Å². The fourth-order valence-corrected chi connectivity index (χ4v) is 4.02. The van der Waals surface area contributed by atoms with Gasteiger partial charge in [-0.2, -0.15) is 0 Å². The van der Waals surface area contributed by atoms with E-state index in [4.69, 9.17) is 10.5 Å². The lowest BCUT2D eigenvalue weighted by molar-refractivity contribution is 0.185. The first-order valence-corrected chi connectivity index (χ1v) is 8.30. The molecule has 1 aromatic heterocycles. The standard InChI is InChI=1S/C13H16N2O3S2/c1-18-8-11-4-2-3-5-12(11)15-20(16,17)13-6-10(7-14)9-19-13/h2-6,9,15H,7-8,14H2,1H3. The van der Waals surface area contributed by atoms with Gasteiger partial charge in [0.2, 0.25) is 0 Å². The van der Waals surface area contributed by atoms with Gasteiger partial charge >= 0.3 is 0 Å². The highest BCUT2D eigenvalue weighted by Gasteiger charge is 2.18. The number of sulfonamides is 1. The molecule has 0 saturated carbocycles. The number of thiophene rings is 1. The monoisotopic (exact) mass is 312 g/mol. The van der Waals surface area contributed by atoms with Gasteiger partial charge in [-0.1, -0.05) is 18.2 Å². The number of hydrogen-bond donors (Lipinski definition) is 2. The van der Waals surface area contributed by atoms with E-state index in [9.17, 15) is 8.42 Å². The maximum absolute atomic E-state index is 12.3. The van der Waals surface area contributed by atoms with Crippen molar-refractivity contribution in [1.82, 2.24) is 0 Å². The fraction of sp³-hybridized carbons (Fsp3) is 0.231. The Morgan fingerprint density at radius 1 is 1.35 bits per heavy atom. The third kappa shape index (κ3) is 3.37. The smallest absolute Gasteiger partial charge is 0.271 e. The highest BCUT2D eigenvalue weighted by Crippen LogP contribution is 2.25. The lowest BCUT2D eigenvalue weighted by atomic mass is 10.2. The minimum atomic E-state index is -3.59. The zero-order valence-corrected chi connectivity index (χ0v) is 12.6. The second kappa shape index (κ2) is 6.36. The number of para-hydroxylation sites is 1. The Kier molecular flexibility index (Phi) is 4.77. The molecule has 0 aliphatic carbocycles. The summed E-state index contributed by atoms with van der Waals surface area (Å²) in [5, 5.41) is 1.75. The van der Waals surface area contributed by atoms with Gasteiger partial charge in [0.15, 0.2) is 0 Å². The van der Waals surface area contributed by atoms with Gasteiger partial charge in [0, 0.05) is 19.2 Å². The molecule has 7 heteroatoms. The fourth-order valence-electron chi connectivity index (χ4n) is 1.70. The number of anilines is 1. The Balaban J connectivity index is 2.28. The zero-order chi connectivity index (χ0) is 14.6. The topological polar surface area (TPSA) is 81.4 Å². The van der Waals surface area contributed by atoms with Crippen molar-refractivity contribution in [3.05, 3.63) is 46.8 Å². The number of rotatable bonds is 6. The molecule has 3 N–H and O–H groups in total. The summed E-state index contributed by atoms with van der Waals surface area (Å²) in [6.45, 7) is 0.670. The maximum Gasteiger partial charge on any atom is 0.271 e. The zero-order valence-electron chi connectivity index (χ0n) is 11.0. The number of methoxy groups -OCH3 is 1. The van der Waals surface area contributed by atoms with Crippen LogP contribution in [0.25, 0.3) is 0 Å². The van der Waals surface area contributed by atoms with E-state index in [2.05, 4.69) is 4.72 Å². The Morgan fingerprint density at radius 3 is 2.75 bits per heavy atom. The van der Waals surface area contributed by atoms with E-state index >= 15 is 0 Å². The van der Waals surface area contributed by atoms with Gasteiger partial charge in [-0.15, -0.1) is 11.3 Å². The molecule has 0 bridgehead atoms. The van der Waals surface area contributed by atoms with Gasteiger partial charge in [-0.05, 0) is 23.1 Å². The van der Waals surface area contributed by atoms with Crippen molar-refractivity contribution in [1.29, 1.82) is 0 Å². The molecule has 2 aromatic rings. The van der Waals surface area contributed by atoms with E-state index in [-0.39, 0.29) is 4.21 Å². The minimum absolute atomic E-state index is 0.255. The number of nitrogens with two attached hydrogens (primary N) is 1. The quantitative estimate of drug-likeness (QED) is 0.856. The lowest BCUT2D eigenvalue weighted by Gasteiger charge is -2.11. The number of benzene rings is 1. The number of nitrogens with one attached hydrogen (secondary N) is 1. The molecule has 0 spiro atoms. The Labute approximate surface area is 122 Å². The number of hydrogen-bond acceptors (Lipinski definition) is 5. The summed E-state index contributed by atoms with van der Waals surface area (Å²) in [4.78, 5) is 0. The second-order valence-electron chi connectivity index (χ2n) is 4.17. The first-order chi connectivity index (χ1) is 9.56. The average Bonchev–Trinajstić information content (AvgIpc) is 2.91. The normalized spacial score (nSPS) is 11.5. The van der Waals surface area contributed by atoms with E-state index in [1.165, 1.54) is 0 Å². The van der Waals surface area contributed by atoms with Crippen LogP contribution in [0.2, 0.25) is 0 Å². The molecule has 1 heterocycles. The Hall–Kier alpha value is -1.41. The van der Waals surface area contributed by atoms with Crippen molar-refractivity contribution in [3.63, 3.8) is 0 Å². The third-order valence-corrected chi connectivity index (χ3v) is 5.55. The summed E-state index contributed by atoms with van der Waals surface area (Å²) in [5.41, 5.74) is 7.61. The molecule has 0 aliphatic heterocycles. The second-order valence-corrected chi connectivity index (χ2v) is 6.99. The summed E-state index contributed by atoms with van der Waals surface area (Å²) >= 11 is 1.16. The Bertz CT molecular complexity index is 680. The van der Waals surface area contributed by atoms with E-state index in [1.807, 2.05) is 12.1 Å². The highest BCUT2D eigenvalue weighted by molar-refractivity contribution is 7.94. The predicted molar refractivity (Wildman–Crippen MR) is 80.2 cm³/mol. The maximum atomic E-state index is 12.3. The minimum Gasteiger partial charge on any atom is -0.380 e. The molecular formula is C13H16N2O3S2. The van der Waals surface area contributed by atoms with Crippen LogP contribution >= 0.6 is 11.3 Å². The van der Waals surface area contributed by atoms with E-state index in [0.29, 0.717) is 18.8 Å². The van der Waals surface area contributed by atoms with Crippen LogP contribution in [0.15, 0.2) is 39.9 Å². The third-order valence-electron chi connectivity index (χ3n) is 2.69. The van der Waals surface area contributed by atoms with Gasteiger partial charge in [-0.3, -0.25) is 4.72 Å². The van der Waals surface area contributed by atoms with Crippen LogP contribution in [-0.2, 0) is 27.9 Å². The summed E-state index contributed by atoms with van der Waals surface area (Å²) < 4.78 is 32.5. The van der Waals surface area contributed by atoms with Crippen LogP contribution in [0.1, 0.15) is 11.1 Å². The molecule has 20 heavy (non-hydrogen) atoms. The molecule has 2 rings (SSSR count). The SMILES string of the molecule is COCc1ccccc1NS(=O)(=O)c1cc(CN)cs1. The van der Waals surface area contributed by atoms with Crippen LogP contribution in [0.3, 0.4) is 0 Å². The van der Waals surface area contributed by atoms with Crippen molar-refractivity contribution < 1.29 is 13.2 Å². The van der Waals surface area contributed by atoms with Gasteiger partial charge in [0.05, 0.1) is 12.3 Å². The molecule has 0 aliphatic rings. The molecule has 0 saturated heterocycles. The molecular weight excluding hydrogens is 296 g/mol. The largest absolute Gasteiger partial charge is 0.380 e. The van der Waals surface area contributed by atoms with Gasteiger partial charge < -0.3 is 10.5 Å². The molecule has 0 radical (unpaired) electrons. The highest BCUT2D eigenvalue weighted by atomic mass is 32.2. The van der Waals surface area contributed by atoms with Crippen LogP contribution in [0.5, 0.6) is 0 Å². The summed E-state index contributed by atoms with van der Waals surface area (Å²) in [6, 6.07) is 8.73. The predicted octanol–water partition coefficient (Wildman–Crippen LogP) is 2.15. The Morgan fingerprint density at radius 2 is 2.10 bits per heavy atom. The average molecular weight is 312 g/mol. The van der Waals surface area contributed by atoms with E-state index in [0.717, 1.165) is 22.5 Å². The van der Waals surface area contributed by atoms with Crippen molar-refractivity contribution >= 4 is 27.0 Å². The van der Waals surface area contributed by atoms with Gasteiger partial charge in [0.25, 0.3) is 10.0 Å². The molecule has 0 unspecified atom stereocenters. The van der Waals surface area contributed by atoms with Gasteiger partial charge in [0.1, 0.15) is 4.21 Å². The van der Waals surface area contributed by atoms with Crippen molar-refractivity contribution in [2.75, 3.05) is 11.8 Å². The van der Waals surface area contributed by atoms with Crippen LogP contribution in [0.4, 0.5) is 5.69 Å². The molecule has 0 atom stereocenters. The molecule has 0 amide bonds. The molecule has 108 valence electrons. The van der Waals surface area contributed by atoms with Gasteiger partial charge in [-0.25, -0.2) is 8.42 Å². The number of ether oxygens (including phenoxy) is 1. The molecule has 5 nitrogen and oxygen atoms in total. The van der Waals surface area contributed by atoms with Crippen LogP contribution in [0, 0.1) is 0 Å². The van der Waals surface area contributed by atoms with Crippen LogP contribution in [-0.4, -0.2) is 15.5 Å². The first kappa shape index (κ1) is 15.0.